The quantitative estimate of drug-likeness (QED) is 0.662. The van der Waals surface area contributed by atoms with Gasteiger partial charge in [-0.15, -0.1) is 0 Å². The van der Waals surface area contributed by atoms with Crippen molar-refractivity contribution in [2.75, 3.05) is 14.2 Å². The van der Waals surface area contributed by atoms with Gasteiger partial charge in [-0.05, 0) is 47.0 Å². The predicted octanol–water partition coefficient (Wildman–Crippen LogP) is 2.26. The third-order valence-electron chi connectivity index (χ3n) is 2.88. The van der Waals surface area contributed by atoms with Crippen LogP contribution in [-0.2, 0) is 20.7 Å². The van der Waals surface area contributed by atoms with Gasteiger partial charge in [0.25, 0.3) is 0 Å². The molecular weight excluding hydrogens is 316 g/mol. The summed E-state index contributed by atoms with van der Waals surface area (Å²) in [5.74, 6) is -1.35. The summed E-state index contributed by atoms with van der Waals surface area (Å²) in [5.41, 5.74) is -0.911. The Morgan fingerprint density at radius 1 is 1.37 bits per heavy atom. The van der Waals surface area contributed by atoms with Crippen molar-refractivity contribution in [2.24, 2.45) is 5.41 Å². The molecule has 1 unspecified atom stereocenters. The Balaban J connectivity index is 3.07. The molecule has 1 aromatic carbocycles. The third kappa shape index (κ3) is 3.26. The van der Waals surface area contributed by atoms with Gasteiger partial charge in [-0.25, -0.2) is 0 Å². The molecule has 0 amide bonds. The van der Waals surface area contributed by atoms with Crippen LogP contribution < -0.4 is 4.74 Å². The molecule has 1 rings (SSSR count). The van der Waals surface area contributed by atoms with E-state index in [0.29, 0.717) is 15.8 Å². The molecule has 0 aliphatic rings. The summed E-state index contributed by atoms with van der Waals surface area (Å²) >= 11 is 3.32. The summed E-state index contributed by atoms with van der Waals surface area (Å²) < 4.78 is 10.4. The molecule has 0 spiro atoms. The molecule has 19 heavy (non-hydrogen) atoms. The minimum atomic E-state index is -1.61. The molecule has 0 aliphatic heterocycles. The van der Waals surface area contributed by atoms with Crippen LogP contribution in [0.15, 0.2) is 22.7 Å². The maximum atomic E-state index is 11.6. The van der Waals surface area contributed by atoms with E-state index in [2.05, 4.69) is 20.7 Å². The molecule has 5 nitrogen and oxygen atoms in total. The number of carboxylic acid groups (broad SMARTS) is 1. The Hall–Kier alpha value is -1.56. The Kier molecular flexibility index (Phi) is 4.94. The zero-order chi connectivity index (χ0) is 14.6. The first kappa shape index (κ1) is 15.5. The number of hydrogen-bond donors (Lipinski definition) is 1. The van der Waals surface area contributed by atoms with Crippen LogP contribution in [0.3, 0.4) is 0 Å². The van der Waals surface area contributed by atoms with Crippen molar-refractivity contribution >= 4 is 27.9 Å². The number of carbonyl (C=O) groups is 2. The zero-order valence-electron chi connectivity index (χ0n) is 10.9. The lowest BCUT2D eigenvalue weighted by Gasteiger charge is -2.22. The lowest BCUT2D eigenvalue weighted by atomic mass is 9.83. The molecule has 1 aromatic rings. The van der Waals surface area contributed by atoms with Crippen LogP contribution in [0.1, 0.15) is 12.5 Å². The van der Waals surface area contributed by atoms with Crippen LogP contribution in [0.4, 0.5) is 0 Å². The standard InChI is InChI=1S/C13H15BrO5/c1-13(11(15)16,12(17)19-3)7-8-4-5-10(18-2)9(14)6-8/h4-6H,7H2,1-3H3,(H,15,16). The van der Waals surface area contributed by atoms with E-state index >= 15 is 0 Å². The van der Waals surface area contributed by atoms with Crippen LogP contribution >= 0.6 is 15.9 Å². The Morgan fingerprint density at radius 3 is 2.42 bits per heavy atom. The Bertz CT molecular complexity index is 500. The first-order chi connectivity index (χ1) is 8.85. The fourth-order valence-corrected chi connectivity index (χ4v) is 2.28. The summed E-state index contributed by atoms with van der Waals surface area (Å²) in [6.07, 6.45) is 0.0393. The fraction of sp³-hybridized carbons (Fsp3) is 0.385. The lowest BCUT2D eigenvalue weighted by molar-refractivity contribution is -0.165. The number of carbonyl (C=O) groups excluding carboxylic acids is 1. The zero-order valence-corrected chi connectivity index (χ0v) is 12.5. The molecule has 0 saturated carbocycles. The highest BCUT2D eigenvalue weighted by Gasteiger charge is 2.42. The first-order valence-electron chi connectivity index (χ1n) is 5.49. The van der Waals surface area contributed by atoms with Crippen molar-refractivity contribution in [3.05, 3.63) is 28.2 Å². The van der Waals surface area contributed by atoms with Gasteiger partial charge in [-0.2, -0.15) is 0 Å². The minimum absolute atomic E-state index is 0.0393. The van der Waals surface area contributed by atoms with E-state index in [1.165, 1.54) is 21.1 Å². The van der Waals surface area contributed by atoms with Crippen LogP contribution in [0.5, 0.6) is 5.75 Å². The maximum Gasteiger partial charge on any atom is 0.323 e. The van der Waals surface area contributed by atoms with Crippen molar-refractivity contribution in [1.29, 1.82) is 0 Å². The Morgan fingerprint density at radius 2 is 2.00 bits per heavy atom. The smallest absolute Gasteiger partial charge is 0.323 e. The second kappa shape index (κ2) is 6.06. The molecule has 1 atom stereocenters. The number of hydrogen-bond acceptors (Lipinski definition) is 4. The maximum absolute atomic E-state index is 11.6. The van der Waals surface area contributed by atoms with E-state index in [9.17, 15) is 14.7 Å². The average molecular weight is 331 g/mol. The third-order valence-corrected chi connectivity index (χ3v) is 3.50. The van der Waals surface area contributed by atoms with Gasteiger partial charge in [0.1, 0.15) is 5.75 Å². The largest absolute Gasteiger partial charge is 0.496 e. The molecule has 0 fully saturated rings. The second-order valence-corrected chi connectivity index (χ2v) is 5.13. The molecule has 1 N–H and O–H groups in total. The van der Waals surface area contributed by atoms with Gasteiger partial charge < -0.3 is 14.6 Å². The number of carboxylic acids is 1. The SMILES string of the molecule is COC(=O)C(C)(Cc1ccc(OC)c(Br)c1)C(=O)O. The van der Waals surface area contributed by atoms with Crippen molar-refractivity contribution < 1.29 is 24.2 Å². The number of halogens is 1. The van der Waals surface area contributed by atoms with Gasteiger partial charge in [-0.3, -0.25) is 9.59 Å². The number of methoxy groups -OCH3 is 2. The van der Waals surface area contributed by atoms with Crippen molar-refractivity contribution in [2.45, 2.75) is 13.3 Å². The van der Waals surface area contributed by atoms with Gasteiger partial charge in [0.05, 0.1) is 18.7 Å². The van der Waals surface area contributed by atoms with Gasteiger partial charge in [0.15, 0.2) is 5.41 Å². The Labute approximate surface area is 119 Å². The van der Waals surface area contributed by atoms with Gasteiger partial charge in [0.2, 0.25) is 0 Å². The number of esters is 1. The number of benzene rings is 1. The summed E-state index contributed by atoms with van der Waals surface area (Å²) in [6, 6.07) is 5.15. The van der Waals surface area contributed by atoms with Crippen LogP contribution in [0.2, 0.25) is 0 Å². The van der Waals surface area contributed by atoms with Crippen molar-refractivity contribution in [3.63, 3.8) is 0 Å². The van der Waals surface area contributed by atoms with Gasteiger partial charge in [0, 0.05) is 0 Å². The predicted molar refractivity (Wildman–Crippen MR) is 72.2 cm³/mol. The molecule has 0 heterocycles. The minimum Gasteiger partial charge on any atom is -0.496 e. The highest BCUT2D eigenvalue weighted by molar-refractivity contribution is 9.10. The number of aliphatic carboxylic acids is 1. The normalized spacial score (nSPS) is 13.5. The van der Waals surface area contributed by atoms with Gasteiger partial charge in [-0.1, -0.05) is 6.07 Å². The first-order valence-corrected chi connectivity index (χ1v) is 6.28. The monoisotopic (exact) mass is 330 g/mol. The molecule has 104 valence electrons. The van der Waals surface area contributed by atoms with Crippen LogP contribution in [-0.4, -0.2) is 31.3 Å². The van der Waals surface area contributed by atoms with Crippen molar-refractivity contribution in [1.82, 2.24) is 0 Å². The molecule has 0 aromatic heterocycles. The summed E-state index contributed by atoms with van der Waals surface area (Å²) in [5, 5.41) is 9.23. The van der Waals surface area contributed by atoms with Gasteiger partial charge >= 0.3 is 11.9 Å². The van der Waals surface area contributed by atoms with E-state index in [0.717, 1.165) is 0 Å². The molecule has 0 aliphatic carbocycles. The highest BCUT2D eigenvalue weighted by Crippen LogP contribution is 2.30. The summed E-state index contributed by atoms with van der Waals surface area (Å²) in [6.45, 7) is 1.35. The van der Waals surface area contributed by atoms with Crippen LogP contribution in [0.25, 0.3) is 0 Å². The average Bonchev–Trinajstić information content (AvgIpc) is 2.37. The molecular formula is C13H15BrO5. The van der Waals surface area contributed by atoms with Crippen molar-refractivity contribution in [3.8, 4) is 5.75 Å². The second-order valence-electron chi connectivity index (χ2n) is 4.27. The summed E-state index contributed by atoms with van der Waals surface area (Å²) in [7, 11) is 2.71. The van der Waals surface area contributed by atoms with E-state index in [1.54, 1.807) is 18.2 Å². The fourth-order valence-electron chi connectivity index (χ4n) is 1.69. The van der Waals surface area contributed by atoms with Crippen LogP contribution in [0, 0.1) is 5.41 Å². The molecule has 0 saturated heterocycles. The van der Waals surface area contributed by atoms with E-state index in [-0.39, 0.29) is 6.42 Å². The topological polar surface area (TPSA) is 72.8 Å². The molecule has 0 bridgehead atoms. The van der Waals surface area contributed by atoms with E-state index in [1.807, 2.05) is 0 Å². The van der Waals surface area contributed by atoms with E-state index in [4.69, 9.17) is 4.74 Å². The van der Waals surface area contributed by atoms with E-state index < -0.39 is 17.4 Å². The highest BCUT2D eigenvalue weighted by atomic mass is 79.9. The molecule has 0 radical (unpaired) electrons. The number of ether oxygens (including phenoxy) is 2. The summed E-state index contributed by atoms with van der Waals surface area (Å²) in [4.78, 5) is 22.9. The molecule has 6 heteroatoms. The number of rotatable bonds is 5. The lowest BCUT2D eigenvalue weighted by Crippen LogP contribution is -2.39.